The molecule has 3 aliphatic heterocycles. The highest BCUT2D eigenvalue weighted by Crippen LogP contribution is 2.55. The third kappa shape index (κ3) is 3.18. The number of amides is 1. The largest absolute Gasteiger partial charge is 0.457 e. The summed E-state index contributed by atoms with van der Waals surface area (Å²) in [6.45, 7) is 5.18. The number of β-lactam (4-membered cyclic amide) rings is 1. The van der Waals surface area contributed by atoms with Crippen molar-refractivity contribution < 1.29 is 23.6 Å². The summed E-state index contributed by atoms with van der Waals surface area (Å²) < 4.78 is 17.5. The number of aliphatic hydroxyl groups excluding tert-OH is 1. The first kappa shape index (κ1) is 18.0. The summed E-state index contributed by atoms with van der Waals surface area (Å²) in [5, 5.41) is 9.72. The van der Waals surface area contributed by atoms with E-state index in [9.17, 15) is 18.9 Å². The van der Waals surface area contributed by atoms with E-state index in [1.165, 1.54) is 34.5 Å². The Morgan fingerprint density at radius 2 is 2.42 bits per heavy atom. The maximum atomic E-state index is 12.4. The molecule has 0 bridgehead atoms. The number of hydrogen-bond donors (Lipinski definition) is 1. The van der Waals surface area contributed by atoms with Gasteiger partial charge in [-0.25, -0.2) is 4.79 Å². The highest BCUT2D eigenvalue weighted by Gasteiger charge is 2.58. The van der Waals surface area contributed by atoms with Crippen LogP contribution < -0.4 is 0 Å². The van der Waals surface area contributed by atoms with Crippen LogP contribution in [0.2, 0.25) is 0 Å². The molecule has 0 saturated carbocycles. The smallest absolute Gasteiger partial charge is 0.357 e. The molecule has 3 rings (SSSR count). The monoisotopic (exact) mass is 389 g/mol. The maximum absolute atomic E-state index is 12.4. The van der Waals surface area contributed by atoms with Gasteiger partial charge in [0.1, 0.15) is 12.0 Å². The van der Waals surface area contributed by atoms with Crippen LogP contribution in [0.25, 0.3) is 0 Å². The second-order valence-electron chi connectivity index (χ2n) is 5.85. The molecule has 2 saturated heterocycles. The van der Waals surface area contributed by atoms with E-state index in [0.29, 0.717) is 11.5 Å². The van der Waals surface area contributed by atoms with Gasteiger partial charge in [-0.1, -0.05) is 24.4 Å². The van der Waals surface area contributed by atoms with E-state index in [-0.39, 0.29) is 28.8 Å². The van der Waals surface area contributed by atoms with Crippen LogP contribution in [0.4, 0.5) is 0 Å². The molecular formula is C15H19NO5S3. The van der Waals surface area contributed by atoms with Gasteiger partial charge in [-0.2, -0.15) is 0 Å². The molecule has 3 heterocycles. The topological polar surface area (TPSA) is 83.9 Å². The molecule has 0 aromatic heterocycles. The van der Waals surface area contributed by atoms with Gasteiger partial charge in [-0.3, -0.25) is 13.9 Å². The molecule has 9 heteroatoms. The van der Waals surface area contributed by atoms with Crippen molar-refractivity contribution in [1.29, 1.82) is 0 Å². The van der Waals surface area contributed by atoms with E-state index in [1.54, 1.807) is 6.92 Å². The summed E-state index contributed by atoms with van der Waals surface area (Å²) in [6.07, 6.45) is 1.54. The Balaban J connectivity index is 1.82. The summed E-state index contributed by atoms with van der Waals surface area (Å²) in [4.78, 5) is 26.2. The van der Waals surface area contributed by atoms with Crippen LogP contribution in [0.1, 0.15) is 13.3 Å². The van der Waals surface area contributed by atoms with Crippen LogP contribution >= 0.6 is 23.5 Å². The Bertz CT molecular complexity index is 633. The molecule has 132 valence electrons. The quantitative estimate of drug-likeness (QED) is 0.413. The summed E-state index contributed by atoms with van der Waals surface area (Å²) in [7, 11) is -0.806. The average molecular weight is 390 g/mol. The van der Waals surface area contributed by atoms with Gasteiger partial charge in [0.2, 0.25) is 5.91 Å². The minimum absolute atomic E-state index is 0.0743. The zero-order valence-corrected chi connectivity index (χ0v) is 15.6. The molecule has 0 aliphatic carbocycles. The molecule has 1 N–H and O–H groups in total. The number of carbonyl (C=O) groups is 2. The maximum Gasteiger partial charge on any atom is 0.357 e. The number of hydrogen-bond acceptors (Lipinski definition) is 7. The minimum atomic E-state index is -0.806. The average Bonchev–Trinajstić information content (AvgIpc) is 3.06. The molecule has 2 fully saturated rings. The lowest BCUT2D eigenvalue weighted by atomic mass is 9.92. The number of carbonyl (C=O) groups excluding carboxylic acids is 2. The molecule has 0 spiro atoms. The number of esters is 1. The lowest BCUT2D eigenvalue weighted by Crippen LogP contribution is -2.60. The molecule has 0 aromatic carbocycles. The van der Waals surface area contributed by atoms with E-state index >= 15 is 0 Å². The van der Waals surface area contributed by atoms with Gasteiger partial charge in [0, 0.05) is 27.6 Å². The molecule has 0 aromatic rings. The number of rotatable bonds is 6. The predicted molar refractivity (Wildman–Crippen MR) is 95.5 cm³/mol. The van der Waals surface area contributed by atoms with Crippen molar-refractivity contribution in [2.45, 2.75) is 30.1 Å². The van der Waals surface area contributed by atoms with Crippen LogP contribution in [0, 0.1) is 5.92 Å². The van der Waals surface area contributed by atoms with Crippen molar-refractivity contribution in [2.75, 3.05) is 18.1 Å². The van der Waals surface area contributed by atoms with Crippen LogP contribution in [0.3, 0.4) is 0 Å². The van der Waals surface area contributed by atoms with Crippen molar-refractivity contribution >= 4 is 46.2 Å². The summed E-state index contributed by atoms with van der Waals surface area (Å²) in [5.41, 5.74) is 0.261. The molecule has 5 atom stereocenters. The molecule has 6 nitrogen and oxygen atoms in total. The zero-order chi connectivity index (χ0) is 17.4. The van der Waals surface area contributed by atoms with Gasteiger partial charge >= 0.3 is 5.97 Å². The number of fused-ring (bicyclic) bond motifs is 1. The van der Waals surface area contributed by atoms with Crippen molar-refractivity contribution in [1.82, 2.24) is 4.90 Å². The lowest BCUT2D eigenvalue weighted by molar-refractivity contribution is -0.157. The summed E-state index contributed by atoms with van der Waals surface area (Å²) in [6, 6.07) is 0. The second kappa shape index (κ2) is 7.23. The highest BCUT2D eigenvalue weighted by atomic mass is 32.2. The zero-order valence-electron chi connectivity index (χ0n) is 13.2. The Hall–Kier alpha value is -0.770. The van der Waals surface area contributed by atoms with Crippen LogP contribution in [0.15, 0.2) is 22.6 Å². The van der Waals surface area contributed by atoms with E-state index in [1.807, 2.05) is 0 Å². The summed E-state index contributed by atoms with van der Waals surface area (Å²) >= 11 is 2.92. The Labute approximate surface area is 151 Å². The van der Waals surface area contributed by atoms with E-state index in [4.69, 9.17) is 4.74 Å². The number of nitrogens with zero attached hydrogens (tertiary/aromatic N) is 1. The molecular weight excluding hydrogens is 370 g/mol. The SMILES string of the molecule is C=CCOC(=O)C1=C(SC2CCS(=O)C2)S[C@@H]2[C@@H]([C@@H](C)O)C(=O)N12. The fourth-order valence-corrected chi connectivity index (χ4v) is 8.16. The molecule has 1 amide bonds. The normalized spacial score (nSPS) is 33.2. The molecule has 24 heavy (non-hydrogen) atoms. The fraction of sp³-hybridized carbons (Fsp3) is 0.600. The molecule has 2 unspecified atom stereocenters. The van der Waals surface area contributed by atoms with Crippen LogP contribution in [0.5, 0.6) is 0 Å². The van der Waals surface area contributed by atoms with Gasteiger partial charge < -0.3 is 9.84 Å². The Kier molecular flexibility index (Phi) is 5.43. The fourth-order valence-electron chi connectivity index (χ4n) is 2.91. The third-order valence-electron chi connectivity index (χ3n) is 4.10. The highest BCUT2D eigenvalue weighted by molar-refractivity contribution is 8.23. The number of aliphatic hydroxyl groups is 1. The van der Waals surface area contributed by atoms with Crippen molar-refractivity contribution in [2.24, 2.45) is 5.92 Å². The molecule has 0 radical (unpaired) electrons. The first-order chi connectivity index (χ1) is 11.4. The first-order valence-corrected chi connectivity index (χ1v) is 10.9. The van der Waals surface area contributed by atoms with E-state index < -0.39 is 28.8 Å². The lowest BCUT2D eigenvalue weighted by Gasteiger charge is -2.43. The van der Waals surface area contributed by atoms with Crippen molar-refractivity contribution in [3.05, 3.63) is 22.6 Å². The van der Waals surface area contributed by atoms with E-state index in [0.717, 1.165) is 10.7 Å². The number of ether oxygens (including phenoxy) is 1. The van der Waals surface area contributed by atoms with Gasteiger partial charge in [0.25, 0.3) is 0 Å². The van der Waals surface area contributed by atoms with Crippen LogP contribution in [-0.4, -0.2) is 60.9 Å². The Morgan fingerprint density at radius 3 is 3.00 bits per heavy atom. The number of thioether (sulfide) groups is 2. The van der Waals surface area contributed by atoms with Gasteiger partial charge in [-0.05, 0) is 13.3 Å². The van der Waals surface area contributed by atoms with Crippen molar-refractivity contribution in [3.8, 4) is 0 Å². The van der Waals surface area contributed by atoms with Gasteiger partial charge in [0.05, 0.1) is 16.3 Å². The van der Waals surface area contributed by atoms with Crippen LogP contribution in [-0.2, 0) is 25.1 Å². The standard InChI is InChI=1S/C15H19NO5S3/c1-3-5-21-14(19)11-15(22-9-4-6-24(20)7-9)23-13-10(8(2)17)12(18)16(11)13/h3,8-10,13,17H,1,4-7H2,2H3/t8-,9?,10+,13-,24?/m1/s1. The third-order valence-corrected chi connectivity index (χ3v) is 8.65. The Morgan fingerprint density at radius 1 is 1.67 bits per heavy atom. The van der Waals surface area contributed by atoms with Gasteiger partial charge in [0.15, 0.2) is 5.70 Å². The van der Waals surface area contributed by atoms with E-state index in [2.05, 4.69) is 6.58 Å². The van der Waals surface area contributed by atoms with Crippen molar-refractivity contribution in [3.63, 3.8) is 0 Å². The van der Waals surface area contributed by atoms with Gasteiger partial charge in [-0.15, -0.1) is 11.8 Å². The minimum Gasteiger partial charge on any atom is -0.457 e. The molecule has 3 aliphatic rings. The second-order valence-corrected chi connectivity index (χ2v) is 10.2. The summed E-state index contributed by atoms with van der Waals surface area (Å²) in [5.74, 6) is -0.0355. The predicted octanol–water partition coefficient (Wildman–Crippen LogP) is 1.05. The first-order valence-electron chi connectivity index (χ1n) is 7.65.